The van der Waals surface area contributed by atoms with Crippen LogP contribution < -0.4 is 0 Å². The standard InChI is InChI=1S/C45H76N4O2/c1-45(2,37-17-13-33(14-18-37)27-46-39-21-23-43-35(25-39)29-48(31-50-43)41-9-5-3-6-10-41)38-19-15-34(16-20-38)28-47-40-22-24-44-36(26-40)30-49(32-51-44)42-11-7-4-8-12-42/h27-28,33-44H,3-26,29-32H2,1-2H3. The smallest absolute Gasteiger partial charge is 0.0996 e. The summed E-state index contributed by atoms with van der Waals surface area (Å²) in [6, 6.07) is 2.61. The molecule has 0 amide bonds. The first-order valence-corrected chi connectivity index (χ1v) is 22.8. The minimum absolute atomic E-state index is 0.456. The topological polar surface area (TPSA) is 49.7 Å². The van der Waals surface area contributed by atoms with Crippen LogP contribution >= 0.6 is 0 Å². The third-order valence-corrected chi connectivity index (χ3v) is 16.5. The Morgan fingerprint density at radius 3 is 1.31 bits per heavy atom. The van der Waals surface area contributed by atoms with E-state index in [9.17, 15) is 0 Å². The first-order valence-electron chi connectivity index (χ1n) is 22.8. The average molecular weight is 705 g/mol. The van der Waals surface area contributed by atoms with E-state index in [1.165, 1.54) is 167 Å². The van der Waals surface area contributed by atoms with E-state index in [0.717, 1.165) is 37.4 Å². The lowest BCUT2D eigenvalue weighted by molar-refractivity contribution is -0.135. The molecule has 0 radical (unpaired) electrons. The van der Waals surface area contributed by atoms with Crippen LogP contribution in [0.5, 0.6) is 0 Å². The van der Waals surface area contributed by atoms with Crippen molar-refractivity contribution in [3.05, 3.63) is 0 Å². The molecule has 6 aliphatic carbocycles. The highest BCUT2D eigenvalue weighted by Crippen LogP contribution is 2.50. The van der Waals surface area contributed by atoms with Crippen molar-refractivity contribution in [3.8, 4) is 0 Å². The van der Waals surface area contributed by atoms with Crippen LogP contribution in [0.2, 0.25) is 0 Å². The maximum Gasteiger partial charge on any atom is 0.0996 e. The molecule has 0 aromatic heterocycles. The van der Waals surface area contributed by atoms with Gasteiger partial charge in [-0.05, 0) is 156 Å². The Kier molecular flexibility index (Phi) is 12.6. The highest BCUT2D eigenvalue weighted by molar-refractivity contribution is 5.61. The summed E-state index contributed by atoms with van der Waals surface area (Å²) >= 11 is 0. The summed E-state index contributed by atoms with van der Waals surface area (Å²) in [5.41, 5.74) is 0.456. The first-order chi connectivity index (χ1) is 25.0. The van der Waals surface area contributed by atoms with E-state index in [0.29, 0.717) is 53.4 Å². The van der Waals surface area contributed by atoms with Gasteiger partial charge in [-0.2, -0.15) is 0 Å². The van der Waals surface area contributed by atoms with Gasteiger partial charge in [0, 0.05) is 37.6 Å². The van der Waals surface area contributed by atoms with Gasteiger partial charge in [0.2, 0.25) is 0 Å². The van der Waals surface area contributed by atoms with Crippen LogP contribution in [-0.2, 0) is 9.47 Å². The summed E-state index contributed by atoms with van der Waals surface area (Å²) in [6.45, 7) is 9.54. The van der Waals surface area contributed by atoms with Crippen LogP contribution in [0.25, 0.3) is 0 Å². The molecule has 8 aliphatic rings. The zero-order valence-electron chi connectivity index (χ0n) is 33.0. The van der Waals surface area contributed by atoms with E-state index in [1.54, 1.807) is 0 Å². The molecule has 6 unspecified atom stereocenters. The fraction of sp³-hybridized carbons (Fsp3) is 0.956. The van der Waals surface area contributed by atoms with Crippen molar-refractivity contribution in [2.24, 2.45) is 50.9 Å². The quantitative estimate of drug-likeness (QED) is 0.236. The molecule has 6 heteroatoms. The second-order valence-corrected chi connectivity index (χ2v) is 19.9. The van der Waals surface area contributed by atoms with E-state index in [1.807, 2.05) is 0 Å². The van der Waals surface area contributed by atoms with E-state index in [-0.39, 0.29) is 0 Å². The summed E-state index contributed by atoms with van der Waals surface area (Å²) < 4.78 is 12.8. The molecule has 8 fully saturated rings. The molecule has 0 spiro atoms. The molecule has 8 rings (SSSR count). The molecule has 2 saturated heterocycles. The Hall–Kier alpha value is -0.820. The summed E-state index contributed by atoms with van der Waals surface area (Å²) in [7, 11) is 0. The molecule has 2 aliphatic heterocycles. The molecule has 6 saturated carbocycles. The predicted molar refractivity (Wildman–Crippen MR) is 211 cm³/mol. The van der Waals surface area contributed by atoms with Crippen molar-refractivity contribution in [3.63, 3.8) is 0 Å². The highest BCUT2D eigenvalue weighted by Gasteiger charge is 2.42. The molecular weight excluding hydrogens is 629 g/mol. The highest BCUT2D eigenvalue weighted by atomic mass is 16.5. The lowest BCUT2D eigenvalue weighted by Crippen LogP contribution is -2.52. The van der Waals surface area contributed by atoms with Crippen LogP contribution in [-0.4, -0.2) is 85.2 Å². The van der Waals surface area contributed by atoms with Gasteiger partial charge in [0.1, 0.15) is 0 Å². The number of aliphatic imine (C=N–C) groups is 2. The summed E-state index contributed by atoms with van der Waals surface area (Å²) in [5, 5.41) is 0. The van der Waals surface area contributed by atoms with E-state index >= 15 is 0 Å². The Labute approximate surface area is 312 Å². The second kappa shape index (κ2) is 17.3. The molecule has 6 atom stereocenters. The second-order valence-electron chi connectivity index (χ2n) is 19.9. The number of fused-ring (bicyclic) bond motifs is 2. The predicted octanol–water partition coefficient (Wildman–Crippen LogP) is 10.1. The number of nitrogens with zero attached hydrogens (tertiary/aromatic N) is 4. The lowest BCUT2D eigenvalue weighted by Gasteiger charge is -2.47. The van der Waals surface area contributed by atoms with Crippen LogP contribution in [0.1, 0.15) is 168 Å². The Balaban J connectivity index is 0.744. The fourth-order valence-corrected chi connectivity index (χ4v) is 12.9. The van der Waals surface area contributed by atoms with Gasteiger partial charge in [0.05, 0.1) is 37.8 Å². The molecule has 0 aromatic rings. The molecule has 2 heterocycles. The zero-order chi connectivity index (χ0) is 34.6. The third kappa shape index (κ3) is 9.18. The molecule has 288 valence electrons. The minimum Gasteiger partial charge on any atom is -0.362 e. The number of hydrogen-bond acceptors (Lipinski definition) is 6. The van der Waals surface area contributed by atoms with E-state index < -0.39 is 0 Å². The van der Waals surface area contributed by atoms with E-state index in [2.05, 4.69) is 36.1 Å². The van der Waals surface area contributed by atoms with Gasteiger partial charge in [-0.1, -0.05) is 52.4 Å². The molecular formula is C45H76N4O2. The summed E-state index contributed by atoms with van der Waals surface area (Å²) in [4.78, 5) is 16.0. The van der Waals surface area contributed by atoms with Gasteiger partial charge in [-0.3, -0.25) is 19.8 Å². The van der Waals surface area contributed by atoms with Gasteiger partial charge in [-0.25, -0.2) is 0 Å². The Bertz CT molecular complexity index is 1040. The normalized spacial score (nSPS) is 41.8. The van der Waals surface area contributed by atoms with Gasteiger partial charge in [0.15, 0.2) is 0 Å². The monoisotopic (exact) mass is 705 g/mol. The van der Waals surface area contributed by atoms with Crippen molar-refractivity contribution in [1.82, 2.24) is 9.80 Å². The van der Waals surface area contributed by atoms with Crippen LogP contribution in [0.15, 0.2) is 9.98 Å². The number of hydrogen-bond donors (Lipinski definition) is 0. The molecule has 0 aromatic carbocycles. The van der Waals surface area contributed by atoms with Gasteiger partial charge in [0.25, 0.3) is 0 Å². The van der Waals surface area contributed by atoms with Crippen LogP contribution in [0.4, 0.5) is 0 Å². The lowest BCUT2D eigenvalue weighted by atomic mass is 9.59. The molecule has 51 heavy (non-hydrogen) atoms. The number of ether oxygens (including phenoxy) is 2. The Morgan fingerprint density at radius 2 is 0.902 bits per heavy atom. The molecule has 0 N–H and O–H groups in total. The SMILES string of the molecule is CC(C)(C1CCC(C=NC2CCC3OCN(C4CCCCC4)CC3C2)CC1)C1CCC(C=NC2CCC3OCN(C4CCCCC4)CC3C2)CC1. The largest absolute Gasteiger partial charge is 0.362 e. The first kappa shape index (κ1) is 37.1. The van der Waals surface area contributed by atoms with Gasteiger partial charge >= 0.3 is 0 Å². The van der Waals surface area contributed by atoms with Crippen LogP contribution in [0, 0.1) is 40.9 Å². The summed E-state index contributed by atoms with van der Waals surface area (Å²) in [6.07, 6.45) is 38.3. The van der Waals surface area contributed by atoms with Gasteiger partial charge in [-0.15, -0.1) is 0 Å². The Morgan fingerprint density at radius 1 is 0.490 bits per heavy atom. The molecule has 6 nitrogen and oxygen atoms in total. The van der Waals surface area contributed by atoms with Crippen molar-refractivity contribution in [2.75, 3.05) is 26.6 Å². The minimum atomic E-state index is 0.456. The van der Waals surface area contributed by atoms with Crippen molar-refractivity contribution >= 4 is 12.4 Å². The van der Waals surface area contributed by atoms with Crippen LogP contribution in [0.3, 0.4) is 0 Å². The fourth-order valence-electron chi connectivity index (χ4n) is 12.9. The van der Waals surface area contributed by atoms with Crippen molar-refractivity contribution in [1.29, 1.82) is 0 Å². The molecule has 0 bridgehead atoms. The maximum atomic E-state index is 6.42. The average Bonchev–Trinajstić information content (AvgIpc) is 3.19. The van der Waals surface area contributed by atoms with Crippen molar-refractivity contribution < 1.29 is 9.47 Å². The maximum absolute atomic E-state index is 6.42. The number of rotatable bonds is 8. The summed E-state index contributed by atoms with van der Waals surface area (Å²) in [5.74, 6) is 4.54. The van der Waals surface area contributed by atoms with Gasteiger partial charge < -0.3 is 9.47 Å². The van der Waals surface area contributed by atoms with E-state index in [4.69, 9.17) is 19.5 Å². The zero-order valence-corrected chi connectivity index (χ0v) is 33.0. The van der Waals surface area contributed by atoms with Crippen molar-refractivity contribution in [2.45, 2.75) is 204 Å². The third-order valence-electron chi connectivity index (χ3n) is 16.5.